The van der Waals surface area contributed by atoms with Crippen molar-refractivity contribution < 1.29 is 0 Å². The molecule has 3 atom stereocenters. The predicted octanol–water partition coefficient (Wildman–Crippen LogP) is 2.60. The predicted molar refractivity (Wildman–Crippen MR) is 72.0 cm³/mol. The number of aliphatic imine (C=N–C) groups is 1. The van der Waals surface area contributed by atoms with Crippen LogP contribution >= 0.6 is 23.5 Å². The Kier molecular flexibility index (Phi) is 4.26. The summed E-state index contributed by atoms with van der Waals surface area (Å²) in [4.78, 5) is 4.83. The molecule has 0 aromatic rings. The highest BCUT2D eigenvalue weighted by molar-refractivity contribution is 8.13. The first kappa shape index (κ1) is 11.6. The zero-order valence-corrected chi connectivity index (χ0v) is 11.2. The minimum atomic E-state index is 0.546. The highest BCUT2D eigenvalue weighted by atomic mass is 32.2. The van der Waals surface area contributed by atoms with E-state index in [-0.39, 0.29) is 0 Å². The molecule has 0 aromatic carbocycles. The molecular formula is C11H20N2S2. The summed E-state index contributed by atoms with van der Waals surface area (Å²) in [5.74, 6) is 3.31. The van der Waals surface area contributed by atoms with Crippen LogP contribution in [0.1, 0.15) is 26.2 Å². The van der Waals surface area contributed by atoms with E-state index in [1.165, 1.54) is 30.2 Å². The van der Waals surface area contributed by atoms with E-state index in [1.807, 2.05) is 23.5 Å². The molecule has 2 aliphatic rings. The van der Waals surface area contributed by atoms with Crippen LogP contribution < -0.4 is 5.32 Å². The SMILES string of the molecule is CSCC(C)NC1=NC2CCCC2CS1. The van der Waals surface area contributed by atoms with Crippen LogP contribution in [-0.4, -0.2) is 35.0 Å². The molecule has 1 N–H and O–H groups in total. The Labute approximate surface area is 101 Å². The molecule has 4 heteroatoms. The zero-order chi connectivity index (χ0) is 10.7. The molecule has 1 aliphatic carbocycles. The molecular weight excluding hydrogens is 224 g/mol. The van der Waals surface area contributed by atoms with Crippen LogP contribution in [0.2, 0.25) is 0 Å². The second kappa shape index (κ2) is 5.48. The van der Waals surface area contributed by atoms with Gasteiger partial charge in [-0.15, -0.1) is 0 Å². The summed E-state index contributed by atoms with van der Waals surface area (Å²) < 4.78 is 0. The summed E-state index contributed by atoms with van der Waals surface area (Å²) in [5.41, 5.74) is 0. The number of fused-ring (bicyclic) bond motifs is 1. The fourth-order valence-electron chi connectivity index (χ4n) is 2.34. The fraction of sp³-hybridized carbons (Fsp3) is 0.909. The molecule has 15 heavy (non-hydrogen) atoms. The normalized spacial score (nSPS) is 32.0. The molecule has 2 nitrogen and oxygen atoms in total. The Balaban J connectivity index is 1.87. The second-order valence-electron chi connectivity index (χ2n) is 4.50. The van der Waals surface area contributed by atoms with Crippen LogP contribution in [0, 0.1) is 5.92 Å². The lowest BCUT2D eigenvalue weighted by Gasteiger charge is -2.25. The first-order valence-electron chi connectivity index (χ1n) is 5.75. The van der Waals surface area contributed by atoms with E-state index < -0.39 is 0 Å². The molecule has 1 saturated carbocycles. The number of nitrogens with zero attached hydrogens (tertiary/aromatic N) is 1. The van der Waals surface area contributed by atoms with Crippen molar-refractivity contribution in [3.8, 4) is 0 Å². The van der Waals surface area contributed by atoms with Gasteiger partial charge in [-0.1, -0.05) is 18.2 Å². The van der Waals surface area contributed by atoms with Crippen molar-refractivity contribution in [3.63, 3.8) is 0 Å². The highest BCUT2D eigenvalue weighted by Gasteiger charge is 2.31. The maximum atomic E-state index is 4.83. The maximum absolute atomic E-state index is 4.83. The maximum Gasteiger partial charge on any atom is 0.157 e. The van der Waals surface area contributed by atoms with Crippen LogP contribution in [0.25, 0.3) is 0 Å². The van der Waals surface area contributed by atoms with Gasteiger partial charge in [0.05, 0.1) is 6.04 Å². The Morgan fingerprint density at radius 3 is 3.27 bits per heavy atom. The highest BCUT2D eigenvalue weighted by Crippen LogP contribution is 2.35. The van der Waals surface area contributed by atoms with Gasteiger partial charge in [0.15, 0.2) is 5.17 Å². The summed E-state index contributed by atoms with van der Waals surface area (Å²) >= 11 is 3.81. The van der Waals surface area contributed by atoms with Gasteiger partial charge in [-0.3, -0.25) is 4.99 Å². The van der Waals surface area contributed by atoms with E-state index in [0.29, 0.717) is 12.1 Å². The van der Waals surface area contributed by atoms with Gasteiger partial charge in [0.25, 0.3) is 0 Å². The Bertz CT molecular complexity index is 243. The fourth-order valence-corrected chi connectivity index (χ4v) is 4.18. The summed E-state index contributed by atoms with van der Waals surface area (Å²) in [6, 6.07) is 1.18. The summed E-state index contributed by atoms with van der Waals surface area (Å²) in [6.07, 6.45) is 6.25. The van der Waals surface area contributed by atoms with E-state index in [9.17, 15) is 0 Å². The van der Waals surface area contributed by atoms with Crippen molar-refractivity contribution in [1.82, 2.24) is 5.32 Å². The van der Waals surface area contributed by atoms with Crippen LogP contribution in [0.15, 0.2) is 4.99 Å². The lowest BCUT2D eigenvalue weighted by Crippen LogP contribution is -2.36. The van der Waals surface area contributed by atoms with Crippen molar-refractivity contribution >= 4 is 28.7 Å². The molecule has 2 rings (SSSR count). The van der Waals surface area contributed by atoms with Crippen molar-refractivity contribution in [1.29, 1.82) is 0 Å². The Morgan fingerprint density at radius 2 is 2.47 bits per heavy atom. The van der Waals surface area contributed by atoms with Crippen molar-refractivity contribution in [3.05, 3.63) is 0 Å². The lowest BCUT2D eigenvalue weighted by atomic mass is 10.1. The van der Waals surface area contributed by atoms with Crippen LogP contribution in [-0.2, 0) is 0 Å². The van der Waals surface area contributed by atoms with Gasteiger partial charge in [0, 0.05) is 17.5 Å². The van der Waals surface area contributed by atoms with Crippen molar-refractivity contribution in [2.45, 2.75) is 38.3 Å². The van der Waals surface area contributed by atoms with Gasteiger partial charge >= 0.3 is 0 Å². The summed E-state index contributed by atoms with van der Waals surface area (Å²) in [5, 5.41) is 4.72. The topological polar surface area (TPSA) is 24.4 Å². The largest absolute Gasteiger partial charge is 0.362 e. The van der Waals surface area contributed by atoms with Gasteiger partial charge in [0.2, 0.25) is 0 Å². The quantitative estimate of drug-likeness (QED) is 0.826. The summed E-state index contributed by atoms with van der Waals surface area (Å²) in [7, 11) is 0. The van der Waals surface area contributed by atoms with E-state index in [4.69, 9.17) is 4.99 Å². The second-order valence-corrected chi connectivity index (χ2v) is 6.42. The summed E-state index contributed by atoms with van der Waals surface area (Å²) in [6.45, 7) is 2.24. The number of rotatable bonds is 3. The lowest BCUT2D eigenvalue weighted by molar-refractivity contribution is 0.531. The molecule has 0 radical (unpaired) electrons. The van der Waals surface area contributed by atoms with E-state index in [1.54, 1.807) is 0 Å². The van der Waals surface area contributed by atoms with Gasteiger partial charge in [-0.2, -0.15) is 11.8 Å². The minimum Gasteiger partial charge on any atom is -0.362 e. The van der Waals surface area contributed by atoms with E-state index in [2.05, 4.69) is 18.5 Å². The van der Waals surface area contributed by atoms with Crippen molar-refractivity contribution in [2.75, 3.05) is 17.8 Å². The first-order valence-corrected chi connectivity index (χ1v) is 8.13. The number of amidine groups is 1. The molecule has 0 bridgehead atoms. The Hall–Kier alpha value is 0.170. The third-order valence-corrected chi connectivity index (χ3v) is 5.05. The van der Waals surface area contributed by atoms with Gasteiger partial charge < -0.3 is 5.32 Å². The molecule has 1 heterocycles. The molecule has 1 fully saturated rings. The molecule has 0 aromatic heterocycles. The molecule has 0 saturated heterocycles. The average Bonchev–Trinajstić information content (AvgIpc) is 2.65. The number of thioether (sulfide) groups is 2. The molecule has 0 amide bonds. The van der Waals surface area contributed by atoms with E-state index in [0.717, 1.165) is 11.7 Å². The van der Waals surface area contributed by atoms with Gasteiger partial charge in [-0.05, 0) is 31.9 Å². The third kappa shape index (κ3) is 3.06. The van der Waals surface area contributed by atoms with Crippen LogP contribution in [0.5, 0.6) is 0 Å². The molecule has 0 spiro atoms. The monoisotopic (exact) mass is 244 g/mol. The van der Waals surface area contributed by atoms with Gasteiger partial charge in [-0.25, -0.2) is 0 Å². The number of nitrogens with one attached hydrogen (secondary N) is 1. The molecule has 3 unspecified atom stereocenters. The van der Waals surface area contributed by atoms with Crippen LogP contribution in [0.4, 0.5) is 0 Å². The van der Waals surface area contributed by atoms with Crippen LogP contribution in [0.3, 0.4) is 0 Å². The smallest absolute Gasteiger partial charge is 0.157 e. The van der Waals surface area contributed by atoms with E-state index >= 15 is 0 Å². The minimum absolute atomic E-state index is 0.546. The average molecular weight is 244 g/mol. The zero-order valence-electron chi connectivity index (χ0n) is 9.53. The third-order valence-electron chi connectivity index (χ3n) is 3.12. The standard InChI is InChI=1S/C11H20N2S2/c1-8(6-14-2)12-11-13-10-5-3-4-9(10)7-15-11/h8-10H,3-7H2,1-2H3,(H,12,13). The molecule has 86 valence electrons. The van der Waals surface area contributed by atoms with Crippen molar-refractivity contribution in [2.24, 2.45) is 10.9 Å². The number of hydrogen-bond acceptors (Lipinski definition) is 4. The Morgan fingerprint density at radius 1 is 1.60 bits per heavy atom. The number of hydrogen-bond donors (Lipinski definition) is 1. The molecule has 1 aliphatic heterocycles. The first-order chi connectivity index (χ1) is 7.29. The van der Waals surface area contributed by atoms with Gasteiger partial charge in [0.1, 0.15) is 0 Å².